The summed E-state index contributed by atoms with van der Waals surface area (Å²) in [5.74, 6) is 0.0162. The maximum atomic E-state index is 12.1. The van der Waals surface area contributed by atoms with Crippen LogP contribution in [0, 0.1) is 0 Å². The molecule has 0 bridgehead atoms. The van der Waals surface area contributed by atoms with Gasteiger partial charge in [0.15, 0.2) is 0 Å². The topological polar surface area (TPSA) is 52.6 Å². The lowest BCUT2D eigenvalue weighted by Gasteiger charge is -2.24. The molecule has 1 aromatic carbocycles. The highest BCUT2D eigenvalue weighted by atomic mass is 16.3. The molecular weight excluding hydrogens is 240 g/mol. The zero-order valence-electron chi connectivity index (χ0n) is 11.5. The second-order valence-electron chi connectivity index (χ2n) is 5.29. The summed E-state index contributed by atoms with van der Waals surface area (Å²) in [5.41, 5.74) is 0.829. The van der Waals surface area contributed by atoms with Gasteiger partial charge in [-0.3, -0.25) is 9.69 Å². The zero-order chi connectivity index (χ0) is 13.8. The summed E-state index contributed by atoms with van der Waals surface area (Å²) < 4.78 is 0. The second-order valence-corrected chi connectivity index (χ2v) is 5.29. The van der Waals surface area contributed by atoms with E-state index in [1.54, 1.807) is 0 Å². The molecule has 1 aliphatic rings. The molecule has 0 unspecified atom stereocenters. The molecule has 1 saturated heterocycles. The SMILES string of the molecule is C[C@H](NC(=O)[C@@H]1CCCN1C)[C@H](O)c1ccccc1. The van der Waals surface area contributed by atoms with Crippen LogP contribution in [0.5, 0.6) is 0 Å². The van der Waals surface area contributed by atoms with Crippen LogP contribution >= 0.6 is 0 Å². The molecule has 2 rings (SSSR count). The molecule has 1 aromatic rings. The second kappa shape index (κ2) is 6.17. The lowest BCUT2D eigenvalue weighted by atomic mass is 10.0. The van der Waals surface area contributed by atoms with Crippen LogP contribution in [0.4, 0.5) is 0 Å². The normalized spacial score (nSPS) is 23.0. The van der Waals surface area contributed by atoms with Crippen molar-refractivity contribution >= 4 is 5.91 Å². The monoisotopic (exact) mass is 262 g/mol. The smallest absolute Gasteiger partial charge is 0.237 e. The Morgan fingerprint density at radius 2 is 2.11 bits per heavy atom. The highest BCUT2D eigenvalue weighted by Gasteiger charge is 2.29. The average molecular weight is 262 g/mol. The quantitative estimate of drug-likeness (QED) is 0.860. The number of carbonyl (C=O) groups excluding carboxylic acids is 1. The third kappa shape index (κ3) is 3.33. The number of rotatable bonds is 4. The first-order valence-corrected chi connectivity index (χ1v) is 6.83. The Morgan fingerprint density at radius 1 is 1.42 bits per heavy atom. The van der Waals surface area contributed by atoms with Crippen LogP contribution in [-0.2, 0) is 4.79 Å². The number of hydrogen-bond acceptors (Lipinski definition) is 3. The molecule has 4 nitrogen and oxygen atoms in total. The van der Waals surface area contributed by atoms with E-state index in [1.807, 2.05) is 44.3 Å². The van der Waals surface area contributed by atoms with Crippen molar-refractivity contribution in [3.8, 4) is 0 Å². The maximum absolute atomic E-state index is 12.1. The minimum atomic E-state index is -0.670. The number of carbonyl (C=O) groups is 1. The fourth-order valence-corrected chi connectivity index (χ4v) is 2.58. The van der Waals surface area contributed by atoms with Crippen molar-refractivity contribution in [3.05, 3.63) is 35.9 Å². The summed E-state index contributed by atoms with van der Waals surface area (Å²) in [6, 6.07) is 9.08. The van der Waals surface area contributed by atoms with Crippen molar-refractivity contribution in [3.63, 3.8) is 0 Å². The Labute approximate surface area is 114 Å². The first kappa shape index (κ1) is 14.0. The van der Waals surface area contributed by atoms with Crippen molar-refractivity contribution in [2.75, 3.05) is 13.6 Å². The molecule has 1 fully saturated rings. The zero-order valence-corrected chi connectivity index (χ0v) is 11.5. The summed E-state index contributed by atoms with van der Waals surface area (Å²) >= 11 is 0. The Bertz CT molecular complexity index is 421. The van der Waals surface area contributed by atoms with Gasteiger partial charge < -0.3 is 10.4 Å². The minimum absolute atomic E-state index is 0.0162. The summed E-state index contributed by atoms with van der Waals surface area (Å²) in [6.45, 7) is 2.80. The molecule has 1 aliphatic heterocycles. The van der Waals surface area contributed by atoms with E-state index < -0.39 is 6.10 Å². The number of benzene rings is 1. The molecule has 0 saturated carbocycles. The number of nitrogens with zero attached hydrogens (tertiary/aromatic N) is 1. The molecule has 4 heteroatoms. The van der Waals surface area contributed by atoms with Gasteiger partial charge in [0.25, 0.3) is 0 Å². The molecule has 2 N–H and O–H groups in total. The summed E-state index contributed by atoms with van der Waals surface area (Å²) in [4.78, 5) is 14.2. The molecule has 1 amide bonds. The van der Waals surface area contributed by atoms with Crippen molar-refractivity contribution in [2.24, 2.45) is 0 Å². The van der Waals surface area contributed by atoms with Gasteiger partial charge in [-0.1, -0.05) is 30.3 Å². The number of amides is 1. The molecule has 0 aromatic heterocycles. The van der Waals surface area contributed by atoms with Crippen molar-refractivity contribution in [1.29, 1.82) is 0 Å². The lowest BCUT2D eigenvalue weighted by molar-refractivity contribution is -0.126. The van der Waals surface area contributed by atoms with Gasteiger partial charge in [-0.15, -0.1) is 0 Å². The standard InChI is InChI=1S/C15H22N2O2/c1-11(14(18)12-7-4-3-5-8-12)16-15(19)13-9-6-10-17(13)2/h3-5,7-8,11,13-14,18H,6,9-10H2,1-2H3,(H,16,19)/t11-,13-,14-/m0/s1. The minimum Gasteiger partial charge on any atom is -0.386 e. The van der Waals surface area contributed by atoms with E-state index in [0.717, 1.165) is 24.9 Å². The maximum Gasteiger partial charge on any atom is 0.237 e. The number of aliphatic hydroxyl groups is 1. The third-order valence-electron chi connectivity index (χ3n) is 3.81. The van der Waals surface area contributed by atoms with Crippen LogP contribution < -0.4 is 5.32 Å². The van der Waals surface area contributed by atoms with Gasteiger partial charge in [0, 0.05) is 0 Å². The molecule has 0 spiro atoms. The number of aliphatic hydroxyl groups excluding tert-OH is 1. The van der Waals surface area contributed by atoms with Crippen molar-refractivity contribution in [2.45, 2.75) is 38.0 Å². The predicted molar refractivity (Wildman–Crippen MR) is 74.7 cm³/mol. The molecule has 1 heterocycles. The average Bonchev–Trinajstić information content (AvgIpc) is 2.85. The fourth-order valence-electron chi connectivity index (χ4n) is 2.58. The molecule has 0 radical (unpaired) electrons. The number of likely N-dealkylation sites (N-methyl/N-ethyl adjacent to an activating group) is 1. The van der Waals surface area contributed by atoms with Crippen molar-refractivity contribution < 1.29 is 9.90 Å². The highest BCUT2D eigenvalue weighted by molar-refractivity contribution is 5.82. The number of likely N-dealkylation sites (tertiary alicyclic amines) is 1. The highest BCUT2D eigenvalue weighted by Crippen LogP contribution is 2.18. The van der Waals surface area contributed by atoms with Crippen LogP contribution in [0.2, 0.25) is 0 Å². The van der Waals surface area contributed by atoms with Gasteiger partial charge in [-0.2, -0.15) is 0 Å². The van der Waals surface area contributed by atoms with Crippen LogP contribution in [0.1, 0.15) is 31.4 Å². The van der Waals surface area contributed by atoms with Gasteiger partial charge in [0.2, 0.25) is 5.91 Å². The molecule has 104 valence electrons. The summed E-state index contributed by atoms with van der Waals surface area (Å²) in [6.07, 6.45) is 1.29. The Morgan fingerprint density at radius 3 is 2.68 bits per heavy atom. The largest absolute Gasteiger partial charge is 0.386 e. The van der Waals surface area contributed by atoms with E-state index >= 15 is 0 Å². The van der Waals surface area contributed by atoms with E-state index in [1.165, 1.54) is 0 Å². The van der Waals surface area contributed by atoms with E-state index in [9.17, 15) is 9.90 Å². The Kier molecular flexibility index (Phi) is 4.56. The molecule has 0 aliphatic carbocycles. The van der Waals surface area contributed by atoms with E-state index in [0.29, 0.717) is 0 Å². The van der Waals surface area contributed by atoms with E-state index in [4.69, 9.17) is 0 Å². The van der Waals surface area contributed by atoms with Gasteiger partial charge in [-0.25, -0.2) is 0 Å². The van der Waals surface area contributed by atoms with Crippen LogP contribution in [0.15, 0.2) is 30.3 Å². The van der Waals surface area contributed by atoms with Crippen LogP contribution in [0.3, 0.4) is 0 Å². The van der Waals surface area contributed by atoms with E-state index in [-0.39, 0.29) is 18.0 Å². The van der Waals surface area contributed by atoms with E-state index in [2.05, 4.69) is 10.2 Å². The molecule has 3 atom stereocenters. The van der Waals surface area contributed by atoms with Gasteiger partial charge >= 0.3 is 0 Å². The summed E-state index contributed by atoms with van der Waals surface area (Å²) in [7, 11) is 1.97. The third-order valence-corrected chi connectivity index (χ3v) is 3.81. The van der Waals surface area contributed by atoms with Crippen molar-refractivity contribution in [1.82, 2.24) is 10.2 Å². The Balaban J connectivity index is 1.93. The first-order chi connectivity index (χ1) is 9.09. The van der Waals surface area contributed by atoms with Gasteiger partial charge in [0.1, 0.15) is 0 Å². The lowest BCUT2D eigenvalue weighted by Crippen LogP contribution is -2.46. The summed E-state index contributed by atoms with van der Waals surface area (Å²) in [5, 5.41) is 13.1. The first-order valence-electron chi connectivity index (χ1n) is 6.83. The number of nitrogens with one attached hydrogen (secondary N) is 1. The number of hydrogen-bond donors (Lipinski definition) is 2. The van der Waals surface area contributed by atoms with Crippen LogP contribution in [0.25, 0.3) is 0 Å². The fraction of sp³-hybridized carbons (Fsp3) is 0.533. The Hall–Kier alpha value is -1.39. The van der Waals surface area contributed by atoms with Gasteiger partial charge in [-0.05, 0) is 38.9 Å². The van der Waals surface area contributed by atoms with Gasteiger partial charge in [0.05, 0.1) is 18.2 Å². The van der Waals surface area contributed by atoms with Crippen LogP contribution in [-0.4, -0.2) is 41.6 Å². The molecular formula is C15H22N2O2. The predicted octanol–water partition coefficient (Wildman–Crippen LogP) is 1.32. The molecule has 19 heavy (non-hydrogen) atoms.